The van der Waals surface area contributed by atoms with Crippen LogP contribution in [0.4, 0.5) is 5.95 Å². The van der Waals surface area contributed by atoms with E-state index in [0.717, 1.165) is 43.2 Å². The van der Waals surface area contributed by atoms with Crippen LogP contribution in [0.1, 0.15) is 50.3 Å². The van der Waals surface area contributed by atoms with E-state index < -0.39 is 0 Å². The van der Waals surface area contributed by atoms with Gasteiger partial charge in [0.2, 0.25) is 5.95 Å². The maximum Gasteiger partial charge on any atom is 0.244 e. The predicted octanol–water partition coefficient (Wildman–Crippen LogP) is 1.88. The summed E-state index contributed by atoms with van der Waals surface area (Å²) in [5.41, 5.74) is 5.75. The number of aromatic nitrogens is 3. The number of aromatic amines is 1. The summed E-state index contributed by atoms with van der Waals surface area (Å²) in [4.78, 5) is 7.12. The van der Waals surface area contributed by atoms with E-state index in [9.17, 15) is 0 Å². The monoisotopic (exact) mass is 275 g/mol. The molecule has 0 aromatic carbocycles. The third-order valence-corrected chi connectivity index (χ3v) is 5.69. The first-order chi connectivity index (χ1) is 9.86. The lowest BCUT2D eigenvalue weighted by molar-refractivity contribution is 0.411. The van der Waals surface area contributed by atoms with E-state index >= 15 is 0 Å². The van der Waals surface area contributed by atoms with Gasteiger partial charge in [-0.2, -0.15) is 4.98 Å². The van der Waals surface area contributed by atoms with Gasteiger partial charge in [-0.1, -0.05) is 12.8 Å². The molecule has 0 spiro atoms. The molecule has 20 heavy (non-hydrogen) atoms. The van der Waals surface area contributed by atoms with Crippen LogP contribution in [0.2, 0.25) is 0 Å². The number of fused-ring (bicyclic) bond motifs is 1. The lowest BCUT2D eigenvalue weighted by Crippen LogP contribution is -2.36. The van der Waals surface area contributed by atoms with Crippen molar-refractivity contribution in [3.05, 3.63) is 5.82 Å². The van der Waals surface area contributed by atoms with E-state index in [1.54, 1.807) is 0 Å². The molecule has 3 aliphatic rings. The number of nitrogens with two attached hydrogens (primary N) is 1. The quantitative estimate of drug-likeness (QED) is 0.883. The average molecular weight is 275 g/mol. The topological polar surface area (TPSA) is 70.8 Å². The van der Waals surface area contributed by atoms with Crippen LogP contribution in [-0.4, -0.2) is 34.8 Å². The molecule has 1 saturated heterocycles. The van der Waals surface area contributed by atoms with Crippen LogP contribution in [0, 0.1) is 17.8 Å². The highest BCUT2D eigenvalue weighted by Crippen LogP contribution is 2.60. The first-order valence-corrected chi connectivity index (χ1v) is 8.24. The summed E-state index contributed by atoms with van der Waals surface area (Å²) in [6, 6.07) is 0. The normalized spacial score (nSPS) is 34.0. The summed E-state index contributed by atoms with van der Waals surface area (Å²) in [5, 5.41) is 7.69. The summed E-state index contributed by atoms with van der Waals surface area (Å²) in [7, 11) is 0. The highest BCUT2D eigenvalue weighted by atomic mass is 15.4. The molecule has 110 valence electrons. The molecule has 0 bridgehead atoms. The van der Waals surface area contributed by atoms with Gasteiger partial charge in [-0.15, -0.1) is 5.10 Å². The van der Waals surface area contributed by atoms with Gasteiger partial charge in [0.25, 0.3) is 0 Å². The maximum absolute atomic E-state index is 5.75. The van der Waals surface area contributed by atoms with Crippen LogP contribution in [0.25, 0.3) is 0 Å². The van der Waals surface area contributed by atoms with Crippen LogP contribution in [-0.2, 0) is 0 Å². The Bertz CT molecular complexity index is 451. The molecule has 5 heteroatoms. The molecule has 4 rings (SSSR count). The molecule has 1 aromatic heterocycles. The molecule has 5 nitrogen and oxygen atoms in total. The second kappa shape index (κ2) is 5.02. The Kier molecular flexibility index (Phi) is 3.17. The molecule has 2 heterocycles. The van der Waals surface area contributed by atoms with E-state index in [-0.39, 0.29) is 0 Å². The molecule has 3 N–H and O–H groups in total. The van der Waals surface area contributed by atoms with Crippen LogP contribution in [0.15, 0.2) is 0 Å². The number of H-pyrrole nitrogens is 1. The van der Waals surface area contributed by atoms with Gasteiger partial charge in [0.05, 0.1) is 0 Å². The number of anilines is 1. The molecule has 1 aromatic rings. The highest BCUT2D eigenvalue weighted by molar-refractivity contribution is 5.31. The number of hydrogen-bond donors (Lipinski definition) is 2. The van der Waals surface area contributed by atoms with Crippen molar-refractivity contribution < 1.29 is 0 Å². The Morgan fingerprint density at radius 2 is 1.80 bits per heavy atom. The smallest absolute Gasteiger partial charge is 0.244 e. The largest absolute Gasteiger partial charge is 0.340 e. The molecule has 1 aliphatic heterocycles. The Morgan fingerprint density at radius 1 is 1.10 bits per heavy atom. The van der Waals surface area contributed by atoms with E-state index in [4.69, 9.17) is 10.7 Å². The summed E-state index contributed by atoms with van der Waals surface area (Å²) in [6.07, 6.45) is 7.96. The average Bonchev–Trinajstić information content (AvgIpc) is 3.04. The predicted molar refractivity (Wildman–Crippen MR) is 78.6 cm³/mol. The zero-order chi connectivity index (χ0) is 13.5. The maximum atomic E-state index is 5.75. The minimum absolute atomic E-state index is 0.681. The summed E-state index contributed by atoms with van der Waals surface area (Å²) < 4.78 is 0. The van der Waals surface area contributed by atoms with Crippen molar-refractivity contribution >= 4 is 5.95 Å². The van der Waals surface area contributed by atoms with Gasteiger partial charge in [-0.3, -0.25) is 5.10 Å². The van der Waals surface area contributed by atoms with Crippen molar-refractivity contribution in [2.45, 2.75) is 44.4 Å². The number of hydrogen-bond acceptors (Lipinski definition) is 4. The van der Waals surface area contributed by atoms with Crippen molar-refractivity contribution in [3.63, 3.8) is 0 Å². The Morgan fingerprint density at radius 3 is 2.45 bits per heavy atom. The molecular formula is C15H25N5. The number of rotatable bonds is 3. The molecule has 0 amide bonds. The fourth-order valence-corrected chi connectivity index (χ4v) is 4.32. The minimum atomic E-state index is 0.681. The lowest BCUT2D eigenvalue weighted by atomic mass is 9.97. The fraction of sp³-hybridized carbons (Fsp3) is 0.867. The minimum Gasteiger partial charge on any atom is -0.340 e. The molecule has 2 saturated carbocycles. The van der Waals surface area contributed by atoms with E-state index in [2.05, 4.69) is 15.1 Å². The van der Waals surface area contributed by atoms with Gasteiger partial charge in [0.15, 0.2) is 0 Å². The van der Waals surface area contributed by atoms with Crippen molar-refractivity contribution in [1.82, 2.24) is 15.2 Å². The van der Waals surface area contributed by atoms with Crippen molar-refractivity contribution in [2.24, 2.45) is 23.5 Å². The number of nitrogens with zero attached hydrogens (tertiary/aromatic N) is 3. The Hall–Kier alpha value is -1.10. The van der Waals surface area contributed by atoms with Gasteiger partial charge >= 0.3 is 0 Å². The highest BCUT2D eigenvalue weighted by Gasteiger charge is 2.53. The zero-order valence-electron chi connectivity index (χ0n) is 12.1. The number of piperidine rings is 1. The fourth-order valence-electron chi connectivity index (χ4n) is 4.32. The Balaban J connectivity index is 1.41. The van der Waals surface area contributed by atoms with Crippen LogP contribution in [0.3, 0.4) is 0 Å². The molecular weight excluding hydrogens is 250 g/mol. The Labute approximate surface area is 120 Å². The third kappa shape index (κ3) is 2.12. The first kappa shape index (κ1) is 12.6. The standard InChI is InChI=1S/C15H25N5/c16-9-10-5-7-20(8-6-10)15-17-14(18-19-15)13-11-3-1-2-4-12(11)13/h10-13H,1-9,16H2,(H,17,18,19). The summed E-state index contributed by atoms with van der Waals surface area (Å²) in [6.45, 7) is 2.92. The molecule has 3 fully saturated rings. The summed E-state index contributed by atoms with van der Waals surface area (Å²) in [5.74, 6) is 5.23. The SMILES string of the molecule is NCC1CCN(c2n[nH]c(C3C4CCCCC43)n2)CC1. The van der Waals surface area contributed by atoms with E-state index in [1.165, 1.54) is 38.5 Å². The third-order valence-electron chi connectivity index (χ3n) is 5.69. The van der Waals surface area contributed by atoms with Crippen LogP contribution in [0.5, 0.6) is 0 Å². The van der Waals surface area contributed by atoms with Crippen LogP contribution < -0.4 is 10.6 Å². The molecule has 2 atom stereocenters. The van der Waals surface area contributed by atoms with Gasteiger partial charge < -0.3 is 10.6 Å². The van der Waals surface area contributed by atoms with Crippen LogP contribution >= 0.6 is 0 Å². The van der Waals surface area contributed by atoms with E-state index in [0.29, 0.717) is 11.8 Å². The molecule has 2 unspecified atom stereocenters. The van der Waals surface area contributed by atoms with Crippen molar-refractivity contribution in [1.29, 1.82) is 0 Å². The summed E-state index contributed by atoms with van der Waals surface area (Å²) >= 11 is 0. The van der Waals surface area contributed by atoms with Gasteiger partial charge in [-0.05, 0) is 50.0 Å². The second-order valence-corrected chi connectivity index (χ2v) is 6.82. The van der Waals surface area contributed by atoms with Gasteiger partial charge in [-0.25, -0.2) is 0 Å². The lowest BCUT2D eigenvalue weighted by Gasteiger charge is -2.30. The second-order valence-electron chi connectivity index (χ2n) is 6.82. The first-order valence-electron chi connectivity index (χ1n) is 8.24. The van der Waals surface area contributed by atoms with Crippen molar-refractivity contribution in [3.8, 4) is 0 Å². The number of nitrogens with one attached hydrogen (secondary N) is 1. The molecule has 0 radical (unpaired) electrons. The van der Waals surface area contributed by atoms with Gasteiger partial charge in [0, 0.05) is 19.0 Å². The molecule has 2 aliphatic carbocycles. The zero-order valence-corrected chi connectivity index (χ0v) is 12.1. The van der Waals surface area contributed by atoms with Crippen molar-refractivity contribution in [2.75, 3.05) is 24.5 Å². The van der Waals surface area contributed by atoms with Gasteiger partial charge in [0.1, 0.15) is 5.82 Å². The van der Waals surface area contributed by atoms with E-state index in [1.807, 2.05) is 0 Å².